The van der Waals surface area contributed by atoms with Crippen LogP contribution in [0.5, 0.6) is 5.75 Å². The second-order valence-corrected chi connectivity index (χ2v) is 5.29. The third-order valence-electron chi connectivity index (χ3n) is 3.94. The number of halogens is 1. The summed E-state index contributed by atoms with van der Waals surface area (Å²) in [6, 6.07) is 8.28. The minimum atomic E-state index is 0. The van der Waals surface area contributed by atoms with E-state index in [0.29, 0.717) is 23.4 Å². The van der Waals surface area contributed by atoms with Gasteiger partial charge in [-0.1, -0.05) is 12.1 Å². The molecule has 4 nitrogen and oxygen atoms in total. The molecular weight excluding hydrogens is 276 g/mol. The molecule has 1 aromatic rings. The fourth-order valence-electron chi connectivity index (χ4n) is 2.82. The van der Waals surface area contributed by atoms with Crippen LogP contribution < -0.4 is 10.1 Å². The van der Waals surface area contributed by atoms with Gasteiger partial charge in [-0.2, -0.15) is 0 Å². The van der Waals surface area contributed by atoms with E-state index in [1.54, 1.807) is 7.11 Å². The molecule has 5 heteroatoms. The van der Waals surface area contributed by atoms with Crippen LogP contribution in [0.15, 0.2) is 24.3 Å². The Bertz CT molecular complexity index is 471. The molecule has 1 N–H and O–H groups in total. The van der Waals surface area contributed by atoms with Crippen LogP contribution in [0.1, 0.15) is 29.6 Å². The minimum Gasteiger partial charge on any atom is -0.496 e. The lowest BCUT2D eigenvalue weighted by molar-refractivity contribution is 0.0672. The van der Waals surface area contributed by atoms with Gasteiger partial charge in [-0.15, -0.1) is 12.4 Å². The number of nitrogens with one attached hydrogen (secondary N) is 1. The van der Waals surface area contributed by atoms with Crippen LogP contribution in [-0.4, -0.2) is 43.1 Å². The Morgan fingerprint density at radius 1 is 1.25 bits per heavy atom. The number of carbonyl (C=O) groups excluding carboxylic acids is 1. The van der Waals surface area contributed by atoms with Crippen LogP contribution in [0, 0.1) is 0 Å². The van der Waals surface area contributed by atoms with Crippen molar-refractivity contribution in [3.8, 4) is 5.75 Å². The van der Waals surface area contributed by atoms with Gasteiger partial charge in [0.15, 0.2) is 0 Å². The molecule has 1 aliphatic carbocycles. The molecule has 110 valence electrons. The summed E-state index contributed by atoms with van der Waals surface area (Å²) in [6.07, 6.45) is 3.33. The summed E-state index contributed by atoms with van der Waals surface area (Å²) in [5.74, 6) is 0.790. The summed E-state index contributed by atoms with van der Waals surface area (Å²) in [5, 5.41) is 3.35. The first-order chi connectivity index (χ1) is 9.31. The molecule has 1 unspecified atom stereocenters. The van der Waals surface area contributed by atoms with E-state index in [9.17, 15) is 4.79 Å². The predicted molar refractivity (Wildman–Crippen MR) is 80.7 cm³/mol. The molecule has 0 radical (unpaired) electrons. The third-order valence-corrected chi connectivity index (χ3v) is 3.94. The lowest BCUT2D eigenvalue weighted by Crippen LogP contribution is -2.43. The number of amides is 1. The molecule has 1 aromatic carbocycles. The SMILES string of the molecule is COc1ccccc1C(=O)N(C1CC1)C1CCNC1.Cl. The Morgan fingerprint density at radius 2 is 2.00 bits per heavy atom. The number of hydrogen-bond donors (Lipinski definition) is 1. The lowest BCUT2D eigenvalue weighted by atomic mass is 10.1. The van der Waals surface area contributed by atoms with Gasteiger partial charge < -0.3 is 15.0 Å². The molecule has 1 saturated carbocycles. The van der Waals surface area contributed by atoms with Crippen molar-refractivity contribution in [2.24, 2.45) is 0 Å². The Hall–Kier alpha value is -1.26. The highest BCUT2D eigenvalue weighted by atomic mass is 35.5. The van der Waals surface area contributed by atoms with E-state index in [-0.39, 0.29) is 18.3 Å². The first-order valence-corrected chi connectivity index (χ1v) is 6.97. The number of hydrogen-bond acceptors (Lipinski definition) is 3. The summed E-state index contributed by atoms with van der Waals surface area (Å²) in [4.78, 5) is 14.9. The summed E-state index contributed by atoms with van der Waals surface area (Å²) >= 11 is 0. The van der Waals surface area contributed by atoms with E-state index in [4.69, 9.17) is 4.74 Å². The van der Waals surface area contributed by atoms with Gasteiger partial charge in [0.25, 0.3) is 5.91 Å². The van der Waals surface area contributed by atoms with Gasteiger partial charge in [0.1, 0.15) is 5.75 Å². The standard InChI is InChI=1S/C15H20N2O2.ClH/c1-19-14-5-3-2-4-13(14)15(18)17(11-6-7-11)12-8-9-16-10-12;/h2-5,11-12,16H,6-10H2,1H3;1H. The van der Waals surface area contributed by atoms with Crippen LogP contribution in [0.3, 0.4) is 0 Å². The van der Waals surface area contributed by atoms with Crippen LogP contribution in [0.2, 0.25) is 0 Å². The molecule has 3 rings (SSSR count). The summed E-state index contributed by atoms with van der Waals surface area (Å²) < 4.78 is 5.32. The zero-order chi connectivity index (χ0) is 13.2. The molecule has 1 atom stereocenters. The van der Waals surface area contributed by atoms with Crippen molar-refractivity contribution in [1.82, 2.24) is 10.2 Å². The van der Waals surface area contributed by atoms with Crippen molar-refractivity contribution >= 4 is 18.3 Å². The highest BCUT2D eigenvalue weighted by molar-refractivity contribution is 5.97. The number of carbonyl (C=O) groups is 1. The molecule has 20 heavy (non-hydrogen) atoms. The molecule has 0 aromatic heterocycles. The Kier molecular flexibility index (Phi) is 4.89. The quantitative estimate of drug-likeness (QED) is 0.925. The van der Waals surface area contributed by atoms with Gasteiger partial charge in [0, 0.05) is 18.6 Å². The molecule has 1 amide bonds. The van der Waals surface area contributed by atoms with Gasteiger partial charge in [0.2, 0.25) is 0 Å². The molecule has 0 spiro atoms. The average Bonchev–Trinajstić information content (AvgIpc) is 3.13. The summed E-state index contributed by atoms with van der Waals surface area (Å²) in [5.41, 5.74) is 0.684. The second-order valence-electron chi connectivity index (χ2n) is 5.29. The molecular formula is C15H21ClN2O2. The van der Waals surface area contributed by atoms with E-state index >= 15 is 0 Å². The van der Waals surface area contributed by atoms with E-state index in [2.05, 4.69) is 10.2 Å². The van der Waals surface area contributed by atoms with Crippen LogP contribution in [0.4, 0.5) is 0 Å². The average molecular weight is 297 g/mol. The van der Waals surface area contributed by atoms with Crippen LogP contribution in [-0.2, 0) is 0 Å². The minimum absolute atomic E-state index is 0. The second kappa shape index (κ2) is 6.46. The molecule has 1 heterocycles. The highest BCUT2D eigenvalue weighted by Gasteiger charge is 2.39. The normalized spacial score (nSPS) is 21.1. The van der Waals surface area contributed by atoms with Crippen molar-refractivity contribution in [3.63, 3.8) is 0 Å². The first kappa shape index (κ1) is 15.1. The maximum Gasteiger partial charge on any atom is 0.258 e. The molecule has 1 saturated heterocycles. The van der Waals surface area contributed by atoms with E-state index in [0.717, 1.165) is 32.4 Å². The van der Waals surface area contributed by atoms with Crippen LogP contribution >= 0.6 is 12.4 Å². The monoisotopic (exact) mass is 296 g/mol. The number of rotatable bonds is 4. The molecule has 2 aliphatic rings. The zero-order valence-electron chi connectivity index (χ0n) is 11.7. The van der Waals surface area contributed by atoms with Gasteiger partial charge in [0.05, 0.1) is 12.7 Å². The van der Waals surface area contributed by atoms with Gasteiger partial charge >= 0.3 is 0 Å². The zero-order valence-corrected chi connectivity index (χ0v) is 12.5. The fourth-order valence-corrected chi connectivity index (χ4v) is 2.82. The Morgan fingerprint density at radius 3 is 2.60 bits per heavy atom. The molecule has 2 fully saturated rings. The Labute approximate surface area is 125 Å². The number of para-hydroxylation sites is 1. The van der Waals surface area contributed by atoms with E-state index in [1.165, 1.54) is 0 Å². The topological polar surface area (TPSA) is 41.6 Å². The number of nitrogens with zero attached hydrogens (tertiary/aromatic N) is 1. The van der Waals surface area contributed by atoms with Crippen molar-refractivity contribution in [2.75, 3.05) is 20.2 Å². The van der Waals surface area contributed by atoms with E-state index < -0.39 is 0 Å². The van der Waals surface area contributed by atoms with Gasteiger partial charge in [-0.05, 0) is 37.9 Å². The molecule has 1 aliphatic heterocycles. The third kappa shape index (κ3) is 2.91. The summed E-state index contributed by atoms with van der Waals surface area (Å²) in [7, 11) is 1.62. The molecule has 0 bridgehead atoms. The highest BCUT2D eigenvalue weighted by Crippen LogP contribution is 2.33. The fraction of sp³-hybridized carbons (Fsp3) is 0.533. The largest absolute Gasteiger partial charge is 0.496 e. The Balaban J connectivity index is 0.00000147. The number of ether oxygens (including phenoxy) is 1. The van der Waals surface area contributed by atoms with Gasteiger partial charge in [-0.3, -0.25) is 4.79 Å². The number of benzene rings is 1. The number of methoxy groups -OCH3 is 1. The smallest absolute Gasteiger partial charge is 0.258 e. The van der Waals surface area contributed by atoms with Crippen molar-refractivity contribution in [2.45, 2.75) is 31.3 Å². The predicted octanol–water partition coefficient (Wildman–Crippen LogP) is 2.08. The lowest BCUT2D eigenvalue weighted by Gasteiger charge is -2.29. The van der Waals surface area contributed by atoms with Crippen molar-refractivity contribution < 1.29 is 9.53 Å². The van der Waals surface area contributed by atoms with Crippen LogP contribution in [0.25, 0.3) is 0 Å². The van der Waals surface area contributed by atoms with Crippen molar-refractivity contribution in [1.29, 1.82) is 0 Å². The van der Waals surface area contributed by atoms with Gasteiger partial charge in [-0.25, -0.2) is 0 Å². The maximum absolute atomic E-state index is 12.8. The first-order valence-electron chi connectivity index (χ1n) is 6.97. The maximum atomic E-state index is 12.8. The van der Waals surface area contributed by atoms with E-state index in [1.807, 2.05) is 24.3 Å². The summed E-state index contributed by atoms with van der Waals surface area (Å²) in [6.45, 7) is 1.92. The van der Waals surface area contributed by atoms with Crippen molar-refractivity contribution in [3.05, 3.63) is 29.8 Å².